The third kappa shape index (κ3) is 6.37. The lowest BCUT2D eigenvalue weighted by molar-refractivity contribution is -0.161. The third-order valence-electron chi connectivity index (χ3n) is 3.55. The highest BCUT2D eigenvalue weighted by atomic mass is 19.4. The summed E-state index contributed by atoms with van der Waals surface area (Å²) in [5.41, 5.74) is -0.343. The molecule has 0 aliphatic carbocycles. The van der Waals surface area contributed by atoms with Crippen molar-refractivity contribution >= 4 is 11.9 Å². The SMILES string of the molecule is CC(C)CC(NC(c1ccc(C(=O)O)cc1)C(F)(F)F)C(=O)NCC#N. The van der Waals surface area contributed by atoms with E-state index in [9.17, 15) is 22.8 Å². The molecule has 0 bridgehead atoms. The van der Waals surface area contributed by atoms with Crippen molar-refractivity contribution in [2.75, 3.05) is 6.54 Å². The molecular formula is C17H20F3N3O3. The molecule has 0 spiro atoms. The van der Waals surface area contributed by atoms with Crippen molar-refractivity contribution in [2.45, 2.75) is 38.5 Å². The standard InChI is InChI=1S/C17H20F3N3O3/c1-10(2)9-13(15(24)22-8-7-21)23-14(17(18,19)20)11-3-5-12(6-4-11)16(25)26/h3-6,10,13-14,23H,8-9H2,1-2H3,(H,22,24)(H,25,26). The van der Waals surface area contributed by atoms with Crippen LogP contribution in [0.4, 0.5) is 13.2 Å². The van der Waals surface area contributed by atoms with Crippen molar-refractivity contribution in [3.05, 3.63) is 35.4 Å². The number of alkyl halides is 3. The first-order valence-corrected chi connectivity index (χ1v) is 7.87. The van der Waals surface area contributed by atoms with Crippen molar-refractivity contribution < 1.29 is 27.9 Å². The molecule has 0 heterocycles. The van der Waals surface area contributed by atoms with Crippen LogP contribution in [0.5, 0.6) is 0 Å². The van der Waals surface area contributed by atoms with Gasteiger partial charge in [0.05, 0.1) is 17.7 Å². The molecule has 0 aliphatic heterocycles. The molecule has 1 amide bonds. The minimum Gasteiger partial charge on any atom is -0.478 e. The number of nitrogens with one attached hydrogen (secondary N) is 2. The maximum atomic E-state index is 13.5. The van der Waals surface area contributed by atoms with Crippen LogP contribution in [0.15, 0.2) is 24.3 Å². The smallest absolute Gasteiger partial charge is 0.407 e. The summed E-state index contributed by atoms with van der Waals surface area (Å²) in [7, 11) is 0. The van der Waals surface area contributed by atoms with Gasteiger partial charge in [0.2, 0.25) is 5.91 Å². The molecule has 3 N–H and O–H groups in total. The molecule has 1 aromatic rings. The van der Waals surface area contributed by atoms with Crippen molar-refractivity contribution in [2.24, 2.45) is 5.92 Å². The topological polar surface area (TPSA) is 102 Å². The van der Waals surface area contributed by atoms with Gasteiger partial charge < -0.3 is 10.4 Å². The lowest BCUT2D eigenvalue weighted by Gasteiger charge is -2.28. The van der Waals surface area contributed by atoms with Crippen LogP contribution in [-0.4, -0.2) is 35.7 Å². The number of nitrogens with zero attached hydrogens (tertiary/aromatic N) is 1. The minimum atomic E-state index is -4.70. The summed E-state index contributed by atoms with van der Waals surface area (Å²) >= 11 is 0. The van der Waals surface area contributed by atoms with Crippen LogP contribution in [0.2, 0.25) is 0 Å². The summed E-state index contributed by atoms with van der Waals surface area (Å²) in [4.78, 5) is 23.0. The number of benzene rings is 1. The molecule has 0 aromatic heterocycles. The second-order valence-corrected chi connectivity index (χ2v) is 6.13. The van der Waals surface area contributed by atoms with Gasteiger partial charge in [-0.05, 0) is 30.0 Å². The largest absolute Gasteiger partial charge is 0.478 e. The molecule has 0 saturated heterocycles. The zero-order chi connectivity index (χ0) is 19.9. The fourth-order valence-electron chi connectivity index (χ4n) is 2.37. The number of aromatic carboxylic acids is 1. The van der Waals surface area contributed by atoms with E-state index >= 15 is 0 Å². The van der Waals surface area contributed by atoms with Gasteiger partial charge in [0.15, 0.2) is 0 Å². The first kappa shape index (κ1) is 21.4. The summed E-state index contributed by atoms with van der Waals surface area (Å²) in [5.74, 6) is -2.01. The van der Waals surface area contributed by atoms with Gasteiger partial charge >= 0.3 is 12.1 Å². The average molecular weight is 371 g/mol. The van der Waals surface area contributed by atoms with E-state index in [4.69, 9.17) is 10.4 Å². The van der Waals surface area contributed by atoms with E-state index in [1.54, 1.807) is 19.9 Å². The summed E-state index contributed by atoms with van der Waals surface area (Å²) in [5, 5.41) is 22.0. The van der Waals surface area contributed by atoms with Crippen LogP contribution in [-0.2, 0) is 4.79 Å². The van der Waals surface area contributed by atoms with E-state index < -0.39 is 30.1 Å². The van der Waals surface area contributed by atoms with Gasteiger partial charge in [0, 0.05) is 0 Å². The van der Waals surface area contributed by atoms with Crippen LogP contribution in [0.3, 0.4) is 0 Å². The fraction of sp³-hybridized carbons (Fsp3) is 0.471. The number of carbonyl (C=O) groups is 2. The van der Waals surface area contributed by atoms with Crippen LogP contribution in [0, 0.1) is 17.2 Å². The van der Waals surface area contributed by atoms with Crippen molar-refractivity contribution in [3.8, 4) is 6.07 Å². The molecule has 0 radical (unpaired) electrons. The molecule has 2 unspecified atom stereocenters. The lowest BCUT2D eigenvalue weighted by Crippen LogP contribution is -2.49. The van der Waals surface area contributed by atoms with Crippen molar-refractivity contribution in [3.63, 3.8) is 0 Å². The van der Waals surface area contributed by atoms with Gasteiger partial charge in [-0.3, -0.25) is 10.1 Å². The number of hydrogen-bond donors (Lipinski definition) is 3. The first-order chi connectivity index (χ1) is 12.1. The molecule has 0 fully saturated rings. The summed E-state index contributed by atoms with van der Waals surface area (Å²) < 4.78 is 40.5. The number of nitriles is 1. The van der Waals surface area contributed by atoms with Gasteiger partial charge in [0.25, 0.3) is 0 Å². The number of hydrogen-bond acceptors (Lipinski definition) is 4. The Morgan fingerprint density at radius 3 is 2.23 bits per heavy atom. The zero-order valence-corrected chi connectivity index (χ0v) is 14.3. The zero-order valence-electron chi connectivity index (χ0n) is 14.3. The highest BCUT2D eigenvalue weighted by molar-refractivity contribution is 5.87. The van der Waals surface area contributed by atoms with E-state index in [1.807, 2.05) is 0 Å². The summed E-state index contributed by atoms with van der Waals surface area (Å²) in [6, 6.07) is 2.67. The number of carbonyl (C=O) groups excluding carboxylic acids is 1. The van der Waals surface area contributed by atoms with Crippen LogP contribution >= 0.6 is 0 Å². The lowest BCUT2D eigenvalue weighted by atomic mass is 9.99. The average Bonchev–Trinajstić information content (AvgIpc) is 2.55. The first-order valence-electron chi connectivity index (χ1n) is 7.87. The van der Waals surface area contributed by atoms with Gasteiger partial charge in [-0.15, -0.1) is 0 Å². The second kappa shape index (κ2) is 9.20. The number of rotatable bonds is 8. The summed E-state index contributed by atoms with van der Waals surface area (Å²) in [6.07, 6.45) is -4.56. The quantitative estimate of drug-likeness (QED) is 0.610. The van der Waals surface area contributed by atoms with Crippen LogP contribution in [0.25, 0.3) is 0 Å². The Kier molecular flexibility index (Phi) is 7.58. The molecule has 9 heteroatoms. The van der Waals surface area contributed by atoms with E-state index in [0.717, 1.165) is 24.3 Å². The Morgan fingerprint density at radius 2 is 1.81 bits per heavy atom. The minimum absolute atomic E-state index is 0.0661. The van der Waals surface area contributed by atoms with E-state index in [1.165, 1.54) is 0 Å². The fourth-order valence-corrected chi connectivity index (χ4v) is 2.37. The number of carboxylic acid groups (broad SMARTS) is 1. The summed E-state index contributed by atoms with van der Waals surface area (Å²) in [6.45, 7) is 3.21. The molecule has 2 atom stereocenters. The van der Waals surface area contributed by atoms with E-state index in [0.29, 0.717) is 0 Å². The second-order valence-electron chi connectivity index (χ2n) is 6.13. The normalized spacial score (nSPS) is 13.7. The van der Waals surface area contributed by atoms with E-state index in [-0.39, 0.29) is 30.0 Å². The predicted molar refractivity (Wildman–Crippen MR) is 87.2 cm³/mol. The Balaban J connectivity index is 3.11. The number of amides is 1. The van der Waals surface area contributed by atoms with Gasteiger partial charge in [-0.25, -0.2) is 4.79 Å². The van der Waals surface area contributed by atoms with E-state index in [2.05, 4.69) is 10.6 Å². The van der Waals surface area contributed by atoms with Gasteiger partial charge in [-0.1, -0.05) is 26.0 Å². The maximum Gasteiger partial charge on any atom is 0.407 e. The van der Waals surface area contributed by atoms with Crippen LogP contribution in [0.1, 0.15) is 42.2 Å². The predicted octanol–water partition coefficient (Wildman–Crippen LogP) is 2.63. The number of carboxylic acids is 1. The highest BCUT2D eigenvalue weighted by Gasteiger charge is 2.42. The molecule has 0 saturated carbocycles. The molecule has 26 heavy (non-hydrogen) atoms. The Labute approximate surface area is 149 Å². The van der Waals surface area contributed by atoms with Crippen molar-refractivity contribution in [1.82, 2.24) is 10.6 Å². The molecular weight excluding hydrogens is 351 g/mol. The molecule has 6 nitrogen and oxygen atoms in total. The monoisotopic (exact) mass is 371 g/mol. The Hall–Kier alpha value is -2.60. The maximum absolute atomic E-state index is 13.5. The highest BCUT2D eigenvalue weighted by Crippen LogP contribution is 2.33. The molecule has 142 valence electrons. The van der Waals surface area contributed by atoms with Gasteiger partial charge in [0.1, 0.15) is 12.6 Å². The Morgan fingerprint density at radius 1 is 1.23 bits per heavy atom. The Bertz CT molecular complexity index is 667. The van der Waals surface area contributed by atoms with Crippen molar-refractivity contribution in [1.29, 1.82) is 5.26 Å². The number of halogens is 3. The molecule has 1 aromatic carbocycles. The van der Waals surface area contributed by atoms with Crippen LogP contribution < -0.4 is 10.6 Å². The molecule has 0 aliphatic rings. The van der Waals surface area contributed by atoms with Gasteiger partial charge in [-0.2, -0.15) is 18.4 Å². The molecule has 1 rings (SSSR count). The third-order valence-corrected chi connectivity index (χ3v) is 3.55.